The zero-order valence-corrected chi connectivity index (χ0v) is 35.7. The molecule has 54 heavy (non-hydrogen) atoms. The zero-order valence-electron chi connectivity index (χ0n) is 35.7. The Morgan fingerprint density at radius 1 is 0.389 bits per heavy atom. The first kappa shape index (κ1) is 51.6. The molecule has 6 nitrogen and oxygen atoms in total. The van der Waals surface area contributed by atoms with E-state index in [1.807, 2.05) is 0 Å². The lowest BCUT2D eigenvalue weighted by molar-refractivity contribution is -0.167. The summed E-state index contributed by atoms with van der Waals surface area (Å²) in [4.78, 5) is 37.6. The number of unbranched alkanes of at least 4 members (excludes halogenated alkanes) is 24. The molecule has 0 aliphatic heterocycles. The van der Waals surface area contributed by atoms with E-state index in [2.05, 4.69) is 57.2 Å². The van der Waals surface area contributed by atoms with Gasteiger partial charge in [0, 0.05) is 19.3 Å². The third kappa shape index (κ3) is 40.8. The summed E-state index contributed by atoms with van der Waals surface area (Å²) in [5.74, 6) is -0.934. The van der Waals surface area contributed by atoms with Gasteiger partial charge in [0.25, 0.3) is 0 Å². The smallest absolute Gasteiger partial charge is 0.306 e. The van der Waals surface area contributed by atoms with Crippen molar-refractivity contribution in [2.24, 2.45) is 0 Å². The van der Waals surface area contributed by atoms with Crippen LogP contribution in [0.4, 0.5) is 0 Å². The van der Waals surface area contributed by atoms with E-state index in [0.29, 0.717) is 19.3 Å². The Balaban J connectivity index is 4.28. The van der Waals surface area contributed by atoms with Crippen molar-refractivity contribution in [3.63, 3.8) is 0 Å². The van der Waals surface area contributed by atoms with E-state index in [0.717, 1.165) is 70.6 Å². The number of rotatable bonds is 41. The van der Waals surface area contributed by atoms with Gasteiger partial charge in [0.1, 0.15) is 13.2 Å². The van der Waals surface area contributed by atoms with Crippen LogP contribution >= 0.6 is 0 Å². The molecule has 0 amide bonds. The molecular weight excluding hydrogens is 673 g/mol. The second-order valence-corrected chi connectivity index (χ2v) is 15.3. The summed E-state index contributed by atoms with van der Waals surface area (Å²) in [6.07, 6.45) is 48.6. The van der Waals surface area contributed by atoms with Crippen molar-refractivity contribution in [1.82, 2.24) is 0 Å². The van der Waals surface area contributed by atoms with Crippen LogP contribution in [-0.2, 0) is 28.6 Å². The standard InChI is InChI=1S/C48H86O6/c1-4-7-10-13-16-19-20-21-22-23-24-25-26-27-30-32-35-38-41-47(50)53-44-45(54-48(51)42-39-36-33-29-18-15-12-9-6-3)43-52-46(49)40-37-34-31-28-17-14-11-8-5-2/h9,12,18,24-25,29,45H,4-8,10-11,13-17,19-23,26-28,30-44H2,1-3H3/b12-9-,25-24-,29-18-. The molecule has 0 aromatic carbocycles. The minimum absolute atomic E-state index is 0.0864. The third-order valence-electron chi connectivity index (χ3n) is 9.88. The van der Waals surface area contributed by atoms with Crippen LogP contribution in [0.3, 0.4) is 0 Å². The molecule has 0 spiro atoms. The summed E-state index contributed by atoms with van der Waals surface area (Å²) in [7, 11) is 0. The molecule has 1 atom stereocenters. The van der Waals surface area contributed by atoms with E-state index in [4.69, 9.17) is 14.2 Å². The number of carbonyl (C=O) groups is 3. The zero-order chi connectivity index (χ0) is 39.4. The van der Waals surface area contributed by atoms with E-state index in [1.54, 1.807) is 0 Å². The average molecular weight is 759 g/mol. The summed E-state index contributed by atoms with van der Waals surface area (Å²) < 4.78 is 16.6. The molecule has 6 heteroatoms. The number of allylic oxidation sites excluding steroid dienone is 6. The maximum atomic E-state index is 12.6. The highest BCUT2D eigenvalue weighted by atomic mass is 16.6. The molecule has 0 heterocycles. The molecule has 0 aromatic heterocycles. The fourth-order valence-electron chi connectivity index (χ4n) is 6.41. The molecule has 0 aromatic rings. The second kappa shape index (κ2) is 43.4. The van der Waals surface area contributed by atoms with Gasteiger partial charge in [-0.15, -0.1) is 0 Å². The summed E-state index contributed by atoms with van der Waals surface area (Å²) in [6.45, 7) is 6.45. The lowest BCUT2D eigenvalue weighted by atomic mass is 10.1. The van der Waals surface area contributed by atoms with E-state index in [1.165, 1.54) is 116 Å². The van der Waals surface area contributed by atoms with Gasteiger partial charge < -0.3 is 14.2 Å². The Bertz CT molecular complexity index is 922. The molecule has 0 saturated carbocycles. The van der Waals surface area contributed by atoms with Crippen LogP contribution in [0.25, 0.3) is 0 Å². The molecule has 0 aliphatic carbocycles. The normalized spacial score (nSPS) is 12.3. The molecule has 0 saturated heterocycles. The first-order chi connectivity index (χ1) is 26.5. The summed E-state index contributed by atoms with van der Waals surface area (Å²) in [5, 5.41) is 0. The number of hydrogen-bond acceptors (Lipinski definition) is 6. The molecule has 314 valence electrons. The van der Waals surface area contributed by atoms with Crippen molar-refractivity contribution >= 4 is 17.9 Å². The van der Waals surface area contributed by atoms with Crippen molar-refractivity contribution in [2.75, 3.05) is 13.2 Å². The highest BCUT2D eigenvalue weighted by Gasteiger charge is 2.19. The topological polar surface area (TPSA) is 78.9 Å². The molecule has 0 rings (SSSR count). The van der Waals surface area contributed by atoms with Gasteiger partial charge in [-0.1, -0.05) is 179 Å². The lowest BCUT2D eigenvalue weighted by Gasteiger charge is -2.18. The van der Waals surface area contributed by atoms with Gasteiger partial charge in [0.15, 0.2) is 6.10 Å². The minimum Gasteiger partial charge on any atom is -0.462 e. The fraction of sp³-hybridized carbons (Fsp3) is 0.812. The fourth-order valence-corrected chi connectivity index (χ4v) is 6.41. The van der Waals surface area contributed by atoms with E-state index in [-0.39, 0.29) is 37.5 Å². The van der Waals surface area contributed by atoms with Crippen LogP contribution < -0.4 is 0 Å². The molecule has 0 N–H and O–H groups in total. The Morgan fingerprint density at radius 3 is 1.17 bits per heavy atom. The van der Waals surface area contributed by atoms with Gasteiger partial charge in [-0.2, -0.15) is 0 Å². The predicted molar refractivity (Wildman–Crippen MR) is 229 cm³/mol. The third-order valence-corrected chi connectivity index (χ3v) is 9.88. The van der Waals surface area contributed by atoms with Gasteiger partial charge in [-0.3, -0.25) is 14.4 Å². The second-order valence-electron chi connectivity index (χ2n) is 15.3. The van der Waals surface area contributed by atoms with Crippen molar-refractivity contribution in [3.05, 3.63) is 36.5 Å². The first-order valence-electron chi connectivity index (χ1n) is 23.0. The summed E-state index contributed by atoms with van der Waals surface area (Å²) >= 11 is 0. The largest absolute Gasteiger partial charge is 0.462 e. The minimum atomic E-state index is -0.785. The van der Waals surface area contributed by atoms with Crippen molar-refractivity contribution in [2.45, 2.75) is 239 Å². The monoisotopic (exact) mass is 759 g/mol. The van der Waals surface area contributed by atoms with Gasteiger partial charge >= 0.3 is 17.9 Å². The Hall–Kier alpha value is -2.37. The van der Waals surface area contributed by atoms with Crippen LogP contribution in [0.15, 0.2) is 36.5 Å². The SMILES string of the molecule is CC/C=C\C/C=C\CCCCC(=O)OC(COC(=O)CCCCCCC/C=C\CCCCCCCCCCC)COC(=O)CCCCCCCCCCC. The lowest BCUT2D eigenvalue weighted by Crippen LogP contribution is -2.30. The molecule has 0 radical (unpaired) electrons. The number of esters is 3. The molecule has 0 fully saturated rings. The van der Waals surface area contributed by atoms with E-state index < -0.39 is 6.10 Å². The number of carbonyl (C=O) groups excluding carboxylic acids is 3. The molecular formula is C48H86O6. The van der Waals surface area contributed by atoms with E-state index >= 15 is 0 Å². The van der Waals surface area contributed by atoms with Crippen LogP contribution in [0, 0.1) is 0 Å². The van der Waals surface area contributed by atoms with Crippen molar-refractivity contribution in [1.29, 1.82) is 0 Å². The van der Waals surface area contributed by atoms with Gasteiger partial charge in [-0.05, 0) is 70.6 Å². The summed E-state index contributed by atoms with van der Waals surface area (Å²) in [5.41, 5.74) is 0. The van der Waals surface area contributed by atoms with Gasteiger partial charge in [0.05, 0.1) is 0 Å². The van der Waals surface area contributed by atoms with Gasteiger partial charge in [0.2, 0.25) is 0 Å². The van der Waals surface area contributed by atoms with E-state index in [9.17, 15) is 14.4 Å². The molecule has 0 aliphatic rings. The van der Waals surface area contributed by atoms with Crippen molar-refractivity contribution < 1.29 is 28.6 Å². The quantitative estimate of drug-likeness (QED) is 0.0267. The van der Waals surface area contributed by atoms with Crippen LogP contribution in [-0.4, -0.2) is 37.2 Å². The Kier molecular flexibility index (Phi) is 41.5. The highest BCUT2D eigenvalue weighted by molar-refractivity contribution is 5.71. The maximum absolute atomic E-state index is 12.6. The molecule has 1 unspecified atom stereocenters. The predicted octanol–water partition coefficient (Wildman–Crippen LogP) is 14.6. The Labute approximate surface area is 334 Å². The van der Waals surface area contributed by atoms with Crippen LogP contribution in [0.2, 0.25) is 0 Å². The van der Waals surface area contributed by atoms with Crippen LogP contribution in [0.5, 0.6) is 0 Å². The molecule has 0 bridgehead atoms. The van der Waals surface area contributed by atoms with Gasteiger partial charge in [-0.25, -0.2) is 0 Å². The highest BCUT2D eigenvalue weighted by Crippen LogP contribution is 2.14. The summed E-state index contributed by atoms with van der Waals surface area (Å²) in [6, 6.07) is 0. The maximum Gasteiger partial charge on any atom is 0.306 e. The van der Waals surface area contributed by atoms with Crippen LogP contribution in [0.1, 0.15) is 233 Å². The van der Waals surface area contributed by atoms with Crippen molar-refractivity contribution in [3.8, 4) is 0 Å². The number of hydrogen-bond donors (Lipinski definition) is 0. The average Bonchev–Trinajstić information content (AvgIpc) is 3.17. The first-order valence-corrected chi connectivity index (χ1v) is 23.0. The number of ether oxygens (including phenoxy) is 3. The Morgan fingerprint density at radius 2 is 0.722 bits per heavy atom.